The summed E-state index contributed by atoms with van der Waals surface area (Å²) < 4.78 is 32.6. The molecule has 1 atom stereocenters. The third kappa shape index (κ3) is 5.29. The second-order valence-corrected chi connectivity index (χ2v) is 8.35. The Balaban J connectivity index is 2.06. The lowest BCUT2D eigenvalue weighted by Gasteiger charge is -2.24. The second-order valence-electron chi connectivity index (χ2n) is 6.62. The lowest BCUT2D eigenvalue weighted by molar-refractivity contribution is 0.0657. The normalized spacial score (nSPS) is 14.1. The van der Waals surface area contributed by atoms with E-state index in [1.54, 1.807) is 33.1 Å². The summed E-state index contributed by atoms with van der Waals surface area (Å²) in [5.74, 6) is 0.735. The van der Waals surface area contributed by atoms with Gasteiger partial charge in [-0.2, -0.15) is 0 Å². The molecule has 0 saturated heterocycles. The highest BCUT2D eigenvalue weighted by molar-refractivity contribution is 7.89. The molecule has 0 heterocycles. The number of sulfonamides is 1. The number of aliphatic hydroxyl groups is 1. The molecule has 0 saturated carbocycles. The van der Waals surface area contributed by atoms with Crippen LogP contribution in [0.1, 0.15) is 23.6 Å². The van der Waals surface area contributed by atoms with Crippen molar-refractivity contribution in [2.75, 3.05) is 13.7 Å². The summed E-state index contributed by atoms with van der Waals surface area (Å²) in [5.41, 5.74) is 1.38. The zero-order valence-corrected chi connectivity index (χ0v) is 15.9. The van der Waals surface area contributed by atoms with Crippen molar-refractivity contribution >= 4 is 10.0 Å². The minimum atomic E-state index is -3.67. The average molecular weight is 363 g/mol. The fraction of sp³-hybridized carbons (Fsp3) is 0.368. The van der Waals surface area contributed by atoms with E-state index in [-0.39, 0.29) is 11.4 Å². The Morgan fingerprint density at radius 3 is 2.32 bits per heavy atom. The Bertz CT molecular complexity index is 827. The quantitative estimate of drug-likeness (QED) is 0.793. The van der Waals surface area contributed by atoms with E-state index in [4.69, 9.17) is 4.74 Å². The molecule has 0 aliphatic rings. The molecule has 0 aliphatic carbocycles. The molecule has 25 heavy (non-hydrogen) atoms. The molecule has 2 aromatic carbocycles. The van der Waals surface area contributed by atoms with Gasteiger partial charge in [0.15, 0.2) is 0 Å². The van der Waals surface area contributed by atoms with Crippen molar-refractivity contribution in [2.24, 2.45) is 0 Å². The maximum atomic E-state index is 12.5. The largest absolute Gasteiger partial charge is 0.497 e. The molecule has 2 N–H and O–H groups in total. The van der Waals surface area contributed by atoms with Gasteiger partial charge in [-0.3, -0.25) is 0 Å². The van der Waals surface area contributed by atoms with Crippen molar-refractivity contribution in [2.45, 2.75) is 37.7 Å². The number of methoxy groups -OCH3 is 1. The molecule has 2 rings (SSSR count). The van der Waals surface area contributed by atoms with Gasteiger partial charge < -0.3 is 9.84 Å². The van der Waals surface area contributed by atoms with Gasteiger partial charge in [-0.05, 0) is 50.1 Å². The van der Waals surface area contributed by atoms with Crippen molar-refractivity contribution in [1.82, 2.24) is 4.72 Å². The van der Waals surface area contributed by atoms with Crippen LogP contribution in [0.3, 0.4) is 0 Å². The van der Waals surface area contributed by atoms with Gasteiger partial charge in [0.2, 0.25) is 10.0 Å². The lowest BCUT2D eigenvalue weighted by Crippen LogP contribution is -2.42. The lowest BCUT2D eigenvalue weighted by atomic mass is 9.97. The van der Waals surface area contributed by atoms with Gasteiger partial charge in [-0.1, -0.05) is 29.8 Å². The van der Waals surface area contributed by atoms with E-state index in [0.717, 1.165) is 16.9 Å². The summed E-state index contributed by atoms with van der Waals surface area (Å²) in [7, 11) is -2.08. The van der Waals surface area contributed by atoms with Gasteiger partial charge in [-0.15, -0.1) is 0 Å². The van der Waals surface area contributed by atoms with Crippen LogP contribution in [0, 0.1) is 13.8 Å². The first-order valence-corrected chi connectivity index (χ1v) is 9.53. The van der Waals surface area contributed by atoms with Gasteiger partial charge in [0.05, 0.1) is 17.6 Å². The topological polar surface area (TPSA) is 75.6 Å². The fourth-order valence-electron chi connectivity index (χ4n) is 2.67. The molecule has 0 bridgehead atoms. The third-order valence-electron chi connectivity index (χ3n) is 4.01. The Morgan fingerprint density at radius 1 is 1.12 bits per heavy atom. The van der Waals surface area contributed by atoms with E-state index in [9.17, 15) is 13.5 Å². The number of hydrogen-bond acceptors (Lipinski definition) is 4. The number of aryl methyl sites for hydroxylation is 2. The van der Waals surface area contributed by atoms with Crippen LogP contribution in [-0.2, 0) is 16.4 Å². The van der Waals surface area contributed by atoms with Gasteiger partial charge in [-0.25, -0.2) is 13.1 Å². The number of benzene rings is 2. The van der Waals surface area contributed by atoms with E-state index in [1.165, 1.54) is 0 Å². The van der Waals surface area contributed by atoms with Crippen molar-refractivity contribution in [3.05, 3.63) is 59.2 Å². The fourth-order valence-corrected chi connectivity index (χ4v) is 4.06. The molecule has 5 nitrogen and oxygen atoms in total. The number of hydrogen-bond donors (Lipinski definition) is 2. The van der Waals surface area contributed by atoms with Crippen molar-refractivity contribution in [3.63, 3.8) is 0 Å². The highest BCUT2D eigenvalue weighted by atomic mass is 32.2. The molecule has 0 aliphatic heterocycles. The van der Waals surface area contributed by atoms with Crippen molar-refractivity contribution in [1.29, 1.82) is 0 Å². The summed E-state index contributed by atoms with van der Waals surface area (Å²) in [6.45, 7) is 5.21. The zero-order valence-electron chi connectivity index (χ0n) is 15.0. The van der Waals surface area contributed by atoms with E-state index in [0.29, 0.717) is 12.0 Å². The van der Waals surface area contributed by atoms with E-state index >= 15 is 0 Å². The first-order valence-electron chi connectivity index (χ1n) is 8.05. The van der Waals surface area contributed by atoms with Crippen LogP contribution in [0.15, 0.2) is 47.4 Å². The molecular weight excluding hydrogens is 338 g/mol. The minimum absolute atomic E-state index is 0.0747. The summed E-state index contributed by atoms with van der Waals surface area (Å²) >= 11 is 0. The highest BCUT2D eigenvalue weighted by Gasteiger charge is 2.25. The van der Waals surface area contributed by atoms with Crippen LogP contribution in [0.5, 0.6) is 5.75 Å². The number of rotatable bonds is 7. The van der Waals surface area contributed by atoms with Crippen LogP contribution >= 0.6 is 0 Å². The van der Waals surface area contributed by atoms with Crippen LogP contribution in [0.2, 0.25) is 0 Å². The van der Waals surface area contributed by atoms with Crippen LogP contribution in [-0.4, -0.2) is 32.8 Å². The van der Waals surface area contributed by atoms with Gasteiger partial charge in [0, 0.05) is 13.0 Å². The number of ether oxygens (including phenoxy) is 1. The summed E-state index contributed by atoms with van der Waals surface area (Å²) in [5, 5.41) is 10.6. The Kier molecular flexibility index (Phi) is 5.87. The molecular formula is C19H25NO4S. The van der Waals surface area contributed by atoms with Crippen LogP contribution in [0.25, 0.3) is 0 Å². The average Bonchev–Trinajstić information content (AvgIpc) is 2.53. The van der Waals surface area contributed by atoms with E-state index < -0.39 is 15.6 Å². The summed E-state index contributed by atoms with van der Waals surface area (Å²) in [6, 6.07) is 12.5. The smallest absolute Gasteiger partial charge is 0.240 e. The molecule has 1 unspecified atom stereocenters. The molecule has 0 spiro atoms. The molecule has 2 aromatic rings. The first-order chi connectivity index (χ1) is 11.6. The van der Waals surface area contributed by atoms with E-state index in [2.05, 4.69) is 4.72 Å². The van der Waals surface area contributed by atoms with Crippen LogP contribution in [0.4, 0.5) is 0 Å². The Hall–Kier alpha value is -1.89. The first kappa shape index (κ1) is 19.4. The predicted octanol–water partition coefficient (Wildman–Crippen LogP) is 2.58. The molecule has 0 radical (unpaired) electrons. The van der Waals surface area contributed by atoms with Gasteiger partial charge in [0.1, 0.15) is 5.75 Å². The van der Waals surface area contributed by atoms with Gasteiger partial charge in [0.25, 0.3) is 0 Å². The molecule has 0 fully saturated rings. The van der Waals surface area contributed by atoms with Gasteiger partial charge >= 0.3 is 0 Å². The predicted molar refractivity (Wildman–Crippen MR) is 98.4 cm³/mol. The Morgan fingerprint density at radius 2 is 1.76 bits per heavy atom. The molecule has 6 heteroatoms. The molecule has 0 amide bonds. The van der Waals surface area contributed by atoms with Crippen molar-refractivity contribution < 1.29 is 18.3 Å². The summed E-state index contributed by atoms with van der Waals surface area (Å²) in [4.78, 5) is 0.235. The maximum Gasteiger partial charge on any atom is 0.240 e. The maximum absolute atomic E-state index is 12.5. The second kappa shape index (κ2) is 7.56. The minimum Gasteiger partial charge on any atom is -0.497 e. The SMILES string of the molecule is COc1ccc(CC(C)(O)CNS(=O)(=O)c2ccc(C)cc2C)cc1. The Labute approximate surface area is 149 Å². The highest BCUT2D eigenvalue weighted by Crippen LogP contribution is 2.19. The zero-order chi connectivity index (χ0) is 18.7. The number of nitrogens with one attached hydrogen (secondary N) is 1. The molecule has 136 valence electrons. The van der Waals surface area contributed by atoms with E-state index in [1.807, 2.05) is 37.3 Å². The third-order valence-corrected chi connectivity index (χ3v) is 5.57. The van der Waals surface area contributed by atoms with Crippen LogP contribution < -0.4 is 9.46 Å². The summed E-state index contributed by atoms with van der Waals surface area (Å²) in [6.07, 6.45) is 0.326. The molecule has 0 aromatic heterocycles. The monoisotopic (exact) mass is 363 g/mol. The van der Waals surface area contributed by atoms with Crippen molar-refractivity contribution in [3.8, 4) is 5.75 Å². The standard InChI is InChI=1S/C19H25NO4S/c1-14-5-10-18(15(2)11-14)25(22,23)20-13-19(3,21)12-16-6-8-17(24-4)9-7-16/h5-11,20-21H,12-13H2,1-4H3.